The lowest BCUT2D eigenvalue weighted by molar-refractivity contribution is 0.543. The Morgan fingerprint density at radius 1 is 1.30 bits per heavy atom. The van der Waals surface area contributed by atoms with Crippen molar-refractivity contribution in [2.45, 2.75) is 33.2 Å². The van der Waals surface area contributed by atoms with Crippen LogP contribution in [0.1, 0.15) is 35.3 Å². The number of aryl methyl sites for hydroxylation is 3. The van der Waals surface area contributed by atoms with Gasteiger partial charge in [0.2, 0.25) is 0 Å². The number of nitrogens with one attached hydrogen (secondary N) is 1. The molecule has 108 valence electrons. The molecule has 1 unspecified atom stereocenters. The minimum atomic E-state index is 0.266. The Morgan fingerprint density at radius 2 is 1.95 bits per heavy atom. The predicted molar refractivity (Wildman–Crippen MR) is 84.7 cm³/mol. The zero-order chi connectivity index (χ0) is 14.7. The molecule has 0 aliphatic heterocycles. The van der Waals surface area contributed by atoms with Crippen molar-refractivity contribution in [2.24, 2.45) is 7.05 Å². The van der Waals surface area contributed by atoms with Gasteiger partial charge in [-0.3, -0.25) is 4.68 Å². The molecule has 0 radical (unpaired) electrons. The summed E-state index contributed by atoms with van der Waals surface area (Å²) in [6.07, 6.45) is 2.82. The van der Waals surface area contributed by atoms with Gasteiger partial charge in [0, 0.05) is 30.2 Å². The molecule has 1 aromatic carbocycles. The zero-order valence-electron chi connectivity index (χ0n) is 12.4. The fraction of sp³-hybridized carbons (Fsp3) is 0.467. The number of aromatic nitrogens is 3. The number of likely N-dealkylation sites (N-methyl/N-ethyl adjacent to an activating group) is 1. The van der Waals surface area contributed by atoms with E-state index in [9.17, 15) is 0 Å². The van der Waals surface area contributed by atoms with Crippen LogP contribution in [-0.2, 0) is 13.5 Å². The van der Waals surface area contributed by atoms with Crippen LogP contribution in [0, 0.1) is 13.8 Å². The molecule has 0 spiro atoms. The Hall–Kier alpha value is -1.20. The van der Waals surface area contributed by atoms with Gasteiger partial charge in [-0.15, -0.1) is 5.10 Å². The van der Waals surface area contributed by atoms with Crippen LogP contribution in [-0.4, -0.2) is 21.5 Å². The van der Waals surface area contributed by atoms with Crippen LogP contribution in [0.2, 0.25) is 0 Å². The Balaban J connectivity index is 2.28. The van der Waals surface area contributed by atoms with E-state index < -0.39 is 0 Å². The van der Waals surface area contributed by atoms with Gasteiger partial charge in [-0.25, -0.2) is 0 Å². The Bertz CT molecular complexity index is 568. The van der Waals surface area contributed by atoms with Crippen LogP contribution in [0.4, 0.5) is 0 Å². The highest BCUT2D eigenvalue weighted by molar-refractivity contribution is 9.10. The van der Waals surface area contributed by atoms with Gasteiger partial charge in [-0.2, -0.15) is 0 Å². The fourth-order valence-electron chi connectivity index (χ4n) is 2.43. The molecule has 1 N–H and O–H groups in total. The Morgan fingerprint density at radius 3 is 2.45 bits per heavy atom. The van der Waals surface area contributed by atoms with Gasteiger partial charge in [-0.05, 0) is 37.1 Å². The minimum absolute atomic E-state index is 0.266. The molecule has 0 bridgehead atoms. The first-order chi connectivity index (χ1) is 9.51. The van der Waals surface area contributed by atoms with Crippen molar-refractivity contribution in [3.8, 4) is 0 Å². The van der Waals surface area contributed by atoms with Crippen molar-refractivity contribution < 1.29 is 0 Å². The van der Waals surface area contributed by atoms with E-state index in [0.29, 0.717) is 0 Å². The summed E-state index contributed by atoms with van der Waals surface area (Å²) < 4.78 is 2.94. The van der Waals surface area contributed by atoms with Gasteiger partial charge in [0.25, 0.3) is 0 Å². The van der Waals surface area contributed by atoms with E-state index in [1.54, 1.807) is 4.68 Å². The predicted octanol–water partition coefficient (Wildman–Crippen LogP) is 3.09. The van der Waals surface area contributed by atoms with E-state index in [0.717, 1.165) is 18.7 Å². The summed E-state index contributed by atoms with van der Waals surface area (Å²) in [5.74, 6) is 0. The van der Waals surface area contributed by atoms with Crippen LogP contribution in [0.5, 0.6) is 0 Å². The maximum absolute atomic E-state index is 4.19. The van der Waals surface area contributed by atoms with E-state index in [2.05, 4.69) is 64.5 Å². The van der Waals surface area contributed by atoms with Crippen LogP contribution in [0.3, 0.4) is 0 Å². The highest BCUT2D eigenvalue weighted by atomic mass is 79.9. The number of halogens is 1. The molecular weight excluding hydrogens is 316 g/mol. The van der Waals surface area contributed by atoms with Crippen molar-refractivity contribution in [3.05, 3.63) is 45.2 Å². The largest absolute Gasteiger partial charge is 0.310 e. The lowest BCUT2D eigenvalue weighted by Crippen LogP contribution is -2.23. The highest BCUT2D eigenvalue weighted by Gasteiger charge is 2.15. The summed E-state index contributed by atoms with van der Waals surface area (Å²) in [4.78, 5) is 0. The first-order valence-corrected chi connectivity index (χ1v) is 7.65. The molecule has 0 fully saturated rings. The molecule has 1 heterocycles. The number of rotatable bonds is 5. The maximum atomic E-state index is 4.19. The molecule has 0 saturated carbocycles. The molecular formula is C15H21BrN4. The van der Waals surface area contributed by atoms with Crippen molar-refractivity contribution in [1.29, 1.82) is 0 Å². The lowest BCUT2D eigenvalue weighted by Gasteiger charge is -2.19. The smallest absolute Gasteiger partial charge is 0.0845 e. The van der Waals surface area contributed by atoms with E-state index >= 15 is 0 Å². The molecule has 4 nitrogen and oxygen atoms in total. The van der Waals surface area contributed by atoms with Crippen LogP contribution in [0.15, 0.2) is 22.8 Å². The molecule has 2 aromatic rings. The van der Waals surface area contributed by atoms with Crippen molar-refractivity contribution in [1.82, 2.24) is 20.3 Å². The van der Waals surface area contributed by atoms with Crippen molar-refractivity contribution >= 4 is 15.9 Å². The summed E-state index contributed by atoms with van der Waals surface area (Å²) in [6.45, 7) is 7.32. The molecule has 2 rings (SSSR count). The summed E-state index contributed by atoms with van der Waals surface area (Å²) in [7, 11) is 1.90. The Labute approximate surface area is 128 Å². The fourth-order valence-corrected chi connectivity index (χ4v) is 2.66. The quantitative estimate of drug-likeness (QED) is 0.912. The SMILES string of the molecule is CCNC(Cc1cn(C)nn1)c1cc(C)c(Br)c(C)c1. The number of benzene rings is 1. The zero-order valence-corrected chi connectivity index (χ0v) is 14.0. The summed E-state index contributed by atoms with van der Waals surface area (Å²) >= 11 is 3.63. The van der Waals surface area contributed by atoms with Gasteiger partial charge in [0.15, 0.2) is 0 Å². The molecule has 20 heavy (non-hydrogen) atoms. The summed E-state index contributed by atoms with van der Waals surface area (Å²) in [6, 6.07) is 4.74. The maximum Gasteiger partial charge on any atom is 0.0845 e. The molecule has 1 atom stereocenters. The third-order valence-corrected chi connectivity index (χ3v) is 4.63. The molecule has 1 aromatic heterocycles. The van der Waals surface area contributed by atoms with Crippen molar-refractivity contribution in [3.63, 3.8) is 0 Å². The van der Waals surface area contributed by atoms with E-state index in [4.69, 9.17) is 0 Å². The molecule has 0 amide bonds. The van der Waals surface area contributed by atoms with Crippen molar-refractivity contribution in [2.75, 3.05) is 6.54 Å². The number of hydrogen-bond donors (Lipinski definition) is 1. The number of hydrogen-bond acceptors (Lipinski definition) is 3. The normalized spacial score (nSPS) is 12.7. The first kappa shape index (κ1) is 15.2. The van der Waals surface area contributed by atoms with E-state index in [-0.39, 0.29) is 6.04 Å². The third kappa shape index (κ3) is 3.46. The first-order valence-electron chi connectivity index (χ1n) is 6.86. The second kappa shape index (κ2) is 6.50. The average Bonchev–Trinajstić information content (AvgIpc) is 2.80. The molecule has 0 saturated heterocycles. The van der Waals surface area contributed by atoms with Crippen LogP contribution < -0.4 is 5.32 Å². The van der Waals surface area contributed by atoms with Gasteiger partial charge >= 0.3 is 0 Å². The van der Waals surface area contributed by atoms with Gasteiger partial charge in [0.1, 0.15) is 0 Å². The molecule has 0 aliphatic rings. The average molecular weight is 337 g/mol. The number of nitrogens with zero attached hydrogens (tertiary/aromatic N) is 3. The highest BCUT2D eigenvalue weighted by Crippen LogP contribution is 2.27. The standard InChI is InChI=1S/C15H21BrN4/c1-5-17-14(8-13-9-20(4)19-18-13)12-6-10(2)15(16)11(3)7-12/h6-7,9,14,17H,5,8H2,1-4H3. The monoisotopic (exact) mass is 336 g/mol. The molecule has 5 heteroatoms. The van der Waals surface area contributed by atoms with Crippen LogP contribution in [0.25, 0.3) is 0 Å². The topological polar surface area (TPSA) is 42.7 Å². The van der Waals surface area contributed by atoms with Gasteiger partial charge in [-0.1, -0.05) is 40.2 Å². The third-order valence-electron chi connectivity index (χ3n) is 3.38. The second-order valence-corrected chi connectivity index (χ2v) is 5.96. The lowest BCUT2D eigenvalue weighted by atomic mass is 9.98. The van der Waals surface area contributed by atoms with Gasteiger partial charge < -0.3 is 5.32 Å². The second-order valence-electron chi connectivity index (χ2n) is 5.17. The van der Waals surface area contributed by atoms with E-state index in [1.807, 2.05) is 13.2 Å². The molecule has 0 aliphatic carbocycles. The van der Waals surface area contributed by atoms with E-state index in [1.165, 1.54) is 21.2 Å². The Kier molecular flexibility index (Phi) is 4.94. The summed E-state index contributed by atoms with van der Waals surface area (Å²) in [5, 5.41) is 11.7. The van der Waals surface area contributed by atoms with Crippen LogP contribution >= 0.6 is 15.9 Å². The van der Waals surface area contributed by atoms with Gasteiger partial charge in [0.05, 0.1) is 5.69 Å². The summed E-state index contributed by atoms with van der Waals surface area (Å²) in [5.41, 5.74) is 4.84. The minimum Gasteiger partial charge on any atom is -0.310 e.